The largest absolute Gasteiger partial charge is 0.497 e. The van der Waals surface area contributed by atoms with Crippen molar-refractivity contribution in [3.8, 4) is 23.3 Å². The van der Waals surface area contributed by atoms with Gasteiger partial charge in [-0.15, -0.1) is 0 Å². The molecule has 9 heteroatoms. The van der Waals surface area contributed by atoms with Crippen molar-refractivity contribution in [2.24, 2.45) is 11.7 Å². The molecule has 2 N–H and O–H groups in total. The smallest absolute Gasteiger partial charge is 0.254 e. The van der Waals surface area contributed by atoms with Crippen LogP contribution in [0.25, 0.3) is 11.0 Å². The Kier molecular flexibility index (Phi) is 8.46. The van der Waals surface area contributed by atoms with E-state index >= 15 is 0 Å². The van der Waals surface area contributed by atoms with Gasteiger partial charge in [-0.3, -0.25) is 9.59 Å². The lowest BCUT2D eigenvalue weighted by Crippen LogP contribution is -2.40. The third-order valence-corrected chi connectivity index (χ3v) is 7.38. The quantitative estimate of drug-likeness (QED) is 0.278. The Balaban J connectivity index is 1.69. The highest BCUT2D eigenvalue weighted by Gasteiger charge is 2.34. The zero-order chi connectivity index (χ0) is 29.8. The number of nitrogens with zero attached hydrogens (tertiary/aromatic N) is 2. The summed E-state index contributed by atoms with van der Waals surface area (Å²) in [5, 5.41) is 9.87. The van der Waals surface area contributed by atoms with Gasteiger partial charge in [0.25, 0.3) is 5.91 Å². The monoisotopic (exact) mass is 567 g/mol. The molecule has 0 radical (unpaired) electrons. The Labute approximate surface area is 244 Å². The Bertz CT molecular complexity index is 1720. The zero-order valence-corrected chi connectivity index (χ0v) is 23.9. The number of carbonyl (C=O) groups excluding carboxylic acids is 1. The van der Waals surface area contributed by atoms with Crippen LogP contribution in [0.15, 0.2) is 69.9 Å². The maximum atomic E-state index is 14.2. The van der Waals surface area contributed by atoms with E-state index < -0.39 is 6.04 Å². The van der Waals surface area contributed by atoms with Crippen LogP contribution in [0, 0.1) is 17.2 Å². The summed E-state index contributed by atoms with van der Waals surface area (Å²) >= 11 is 0. The van der Waals surface area contributed by atoms with E-state index in [9.17, 15) is 14.9 Å². The maximum absolute atomic E-state index is 14.2. The Hall–Kier alpha value is -4.81. The van der Waals surface area contributed by atoms with E-state index in [1.807, 2.05) is 19.9 Å². The normalized spacial score (nSPS) is 12.8. The van der Waals surface area contributed by atoms with Crippen molar-refractivity contribution in [1.29, 1.82) is 5.26 Å². The zero-order valence-electron chi connectivity index (χ0n) is 23.9. The van der Waals surface area contributed by atoms with Gasteiger partial charge in [-0.05, 0) is 66.9 Å². The van der Waals surface area contributed by atoms with Crippen molar-refractivity contribution in [2.75, 3.05) is 27.0 Å². The summed E-state index contributed by atoms with van der Waals surface area (Å²) in [6, 6.07) is 18.9. The summed E-state index contributed by atoms with van der Waals surface area (Å²) in [4.78, 5) is 30.0. The SMILES string of the molecule is COc1ccc2c(=O)c(Cc3cccc(C#N)c3)c(C(C(C)C)N(CCCN)C(=O)c3ccc4c(c3)OCO4)oc2c1. The predicted octanol–water partition coefficient (Wildman–Crippen LogP) is 5.18. The molecule has 1 amide bonds. The minimum absolute atomic E-state index is 0.0978. The summed E-state index contributed by atoms with van der Waals surface area (Å²) in [6.07, 6.45) is 0.770. The van der Waals surface area contributed by atoms with Crippen LogP contribution in [0.4, 0.5) is 0 Å². The number of rotatable bonds is 10. The molecule has 1 unspecified atom stereocenters. The average molecular weight is 568 g/mol. The second kappa shape index (κ2) is 12.4. The number of methoxy groups -OCH3 is 1. The van der Waals surface area contributed by atoms with E-state index in [1.165, 1.54) is 0 Å². The van der Waals surface area contributed by atoms with Gasteiger partial charge in [-0.25, -0.2) is 0 Å². The summed E-state index contributed by atoms with van der Waals surface area (Å²) in [5.41, 5.74) is 8.21. The number of fused-ring (bicyclic) bond motifs is 2. The molecule has 42 heavy (non-hydrogen) atoms. The van der Waals surface area contributed by atoms with Crippen molar-refractivity contribution >= 4 is 16.9 Å². The summed E-state index contributed by atoms with van der Waals surface area (Å²) in [7, 11) is 1.55. The molecule has 4 aromatic rings. The molecule has 9 nitrogen and oxygen atoms in total. The number of nitrogens with two attached hydrogens (primary N) is 1. The molecule has 0 bridgehead atoms. The molecule has 1 aromatic heterocycles. The Morgan fingerprint density at radius 2 is 1.90 bits per heavy atom. The molecule has 0 saturated heterocycles. The standard InChI is InChI=1S/C33H33N3O6/c1-20(2)30(36(13-5-12-34)33(38)23-8-11-27-29(16-23)41-19-40-27)32-26(15-21-6-4-7-22(14-21)18-35)31(37)25-10-9-24(39-3)17-28(25)42-32/h4,6-11,14,16-17,20,30H,5,12-13,15,19,34H2,1-3H3. The van der Waals surface area contributed by atoms with Crippen LogP contribution in [0.2, 0.25) is 0 Å². The van der Waals surface area contributed by atoms with Crippen molar-refractivity contribution in [3.05, 3.63) is 98.9 Å². The van der Waals surface area contributed by atoms with Gasteiger partial charge in [-0.2, -0.15) is 5.26 Å². The first-order chi connectivity index (χ1) is 20.3. The first kappa shape index (κ1) is 28.7. The lowest BCUT2D eigenvalue weighted by molar-refractivity contribution is 0.0587. The highest BCUT2D eigenvalue weighted by Crippen LogP contribution is 2.37. The summed E-state index contributed by atoms with van der Waals surface area (Å²) in [6.45, 7) is 4.80. The minimum Gasteiger partial charge on any atom is -0.497 e. The number of nitriles is 1. The van der Waals surface area contributed by atoms with E-state index in [1.54, 1.807) is 66.6 Å². The fourth-order valence-corrected chi connectivity index (χ4v) is 5.35. The van der Waals surface area contributed by atoms with Crippen molar-refractivity contribution in [3.63, 3.8) is 0 Å². The van der Waals surface area contributed by atoms with Gasteiger partial charge in [0.2, 0.25) is 6.79 Å². The average Bonchev–Trinajstić information content (AvgIpc) is 3.48. The van der Waals surface area contributed by atoms with Crippen molar-refractivity contribution in [2.45, 2.75) is 32.7 Å². The van der Waals surface area contributed by atoms with Crippen LogP contribution in [0.1, 0.15) is 59.1 Å². The molecule has 216 valence electrons. The first-order valence-electron chi connectivity index (χ1n) is 13.9. The van der Waals surface area contributed by atoms with Crippen molar-refractivity contribution in [1.82, 2.24) is 4.90 Å². The van der Waals surface area contributed by atoms with Crippen molar-refractivity contribution < 1.29 is 23.4 Å². The summed E-state index contributed by atoms with van der Waals surface area (Å²) < 4.78 is 22.9. The second-order valence-electron chi connectivity index (χ2n) is 10.5. The van der Waals surface area contributed by atoms with Gasteiger partial charge in [0, 0.05) is 30.2 Å². The van der Waals surface area contributed by atoms with Gasteiger partial charge in [0.15, 0.2) is 16.9 Å². The third-order valence-electron chi connectivity index (χ3n) is 7.38. The van der Waals surface area contributed by atoms with Crippen LogP contribution in [0.5, 0.6) is 17.2 Å². The fraction of sp³-hybridized carbons (Fsp3) is 0.303. The van der Waals surface area contributed by atoms with Gasteiger partial charge in [0.05, 0.1) is 30.2 Å². The van der Waals surface area contributed by atoms with Crippen LogP contribution >= 0.6 is 0 Å². The van der Waals surface area contributed by atoms with Crippen LogP contribution in [-0.2, 0) is 6.42 Å². The fourth-order valence-electron chi connectivity index (χ4n) is 5.35. The lowest BCUT2D eigenvalue weighted by Gasteiger charge is -2.35. The van der Waals surface area contributed by atoms with Gasteiger partial charge in [0.1, 0.15) is 17.1 Å². The molecule has 5 rings (SSSR count). The summed E-state index contributed by atoms with van der Waals surface area (Å²) in [5.74, 6) is 1.63. The van der Waals surface area contributed by atoms with E-state index in [2.05, 4.69) is 6.07 Å². The van der Waals surface area contributed by atoms with Gasteiger partial charge >= 0.3 is 0 Å². The molecule has 2 heterocycles. The molecule has 0 aliphatic carbocycles. The highest BCUT2D eigenvalue weighted by molar-refractivity contribution is 5.95. The molecule has 1 aliphatic heterocycles. The number of amides is 1. The number of hydrogen-bond donors (Lipinski definition) is 1. The van der Waals surface area contributed by atoms with Gasteiger partial charge in [-0.1, -0.05) is 26.0 Å². The number of benzene rings is 3. The molecular formula is C33H33N3O6. The van der Waals surface area contributed by atoms with Crippen LogP contribution in [-0.4, -0.2) is 37.8 Å². The van der Waals surface area contributed by atoms with Crippen LogP contribution < -0.4 is 25.4 Å². The second-order valence-corrected chi connectivity index (χ2v) is 10.5. The number of ether oxygens (including phenoxy) is 3. The molecular weight excluding hydrogens is 534 g/mol. The molecule has 0 saturated carbocycles. The first-order valence-corrected chi connectivity index (χ1v) is 13.9. The molecule has 1 atom stereocenters. The van der Waals surface area contributed by atoms with Crippen LogP contribution in [0.3, 0.4) is 0 Å². The van der Waals surface area contributed by atoms with E-state index in [4.69, 9.17) is 24.4 Å². The number of hydrogen-bond acceptors (Lipinski definition) is 8. The predicted molar refractivity (Wildman–Crippen MR) is 158 cm³/mol. The van der Waals surface area contributed by atoms with E-state index in [0.717, 1.165) is 5.56 Å². The topological polar surface area (TPSA) is 128 Å². The maximum Gasteiger partial charge on any atom is 0.254 e. The lowest BCUT2D eigenvalue weighted by atomic mass is 9.91. The minimum atomic E-state index is -0.605. The van der Waals surface area contributed by atoms with E-state index in [-0.39, 0.29) is 30.5 Å². The Morgan fingerprint density at radius 1 is 1.10 bits per heavy atom. The molecule has 1 aliphatic rings. The Morgan fingerprint density at radius 3 is 2.64 bits per heavy atom. The highest BCUT2D eigenvalue weighted by atomic mass is 16.7. The van der Waals surface area contributed by atoms with E-state index in [0.29, 0.717) is 70.2 Å². The molecule has 0 spiro atoms. The number of carbonyl (C=O) groups is 1. The molecule has 3 aromatic carbocycles. The third kappa shape index (κ3) is 5.67. The molecule has 0 fully saturated rings. The van der Waals surface area contributed by atoms with Gasteiger partial charge < -0.3 is 29.3 Å².